The van der Waals surface area contributed by atoms with Gasteiger partial charge >= 0.3 is 0 Å². The Balaban J connectivity index is 2.64. The molecule has 0 aliphatic rings. The van der Waals surface area contributed by atoms with Crippen molar-refractivity contribution in [1.29, 1.82) is 5.26 Å². The Hall–Kier alpha value is -1.66. The molecule has 0 aliphatic heterocycles. The summed E-state index contributed by atoms with van der Waals surface area (Å²) in [6.45, 7) is 4.08. The predicted molar refractivity (Wildman–Crippen MR) is 61.7 cm³/mol. The smallest absolute Gasteiger partial charge is 0.132 e. The zero-order valence-corrected chi connectivity index (χ0v) is 9.43. The molecule has 3 heteroatoms. The fraction of sp³-hybridized carbons (Fsp3) is 0.167. The number of aromatic nitrogens is 1. The van der Waals surface area contributed by atoms with Crippen LogP contribution in [0.25, 0.3) is 11.3 Å². The first kappa shape index (κ1) is 9.88. The molecule has 0 aliphatic carbocycles. The van der Waals surface area contributed by atoms with Crippen molar-refractivity contribution in [2.75, 3.05) is 0 Å². The van der Waals surface area contributed by atoms with Gasteiger partial charge in [0.2, 0.25) is 0 Å². The molecular weight excluding hydrogens is 204 g/mol. The molecule has 2 aromatic rings. The van der Waals surface area contributed by atoms with Crippen LogP contribution in [0.3, 0.4) is 0 Å². The van der Waals surface area contributed by atoms with Crippen molar-refractivity contribution in [1.82, 2.24) is 4.98 Å². The quantitative estimate of drug-likeness (QED) is 0.730. The van der Waals surface area contributed by atoms with Crippen LogP contribution in [0, 0.1) is 25.2 Å². The van der Waals surface area contributed by atoms with Gasteiger partial charge in [0, 0.05) is 5.56 Å². The van der Waals surface area contributed by atoms with E-state index in [2.05, 4.69) is 29.3 Å². The van der Waals surface area contributed by atoms with Gasteiger partial charge in [0.05, 0.1) is 11.2 Å². The number of hydrogen-bond acceptors (Lipinski definition) is 3. The Morgan fingerprint density at radius 2 is 2.13 bits per heavy atom. The molecule has 0 bridgehead atoms. The molecule has 1 aromatic heterocycles. The fourth-order valence-electron chi connectivity index (χ4n) is 1.51. The molecular formula is C12H10N2S. The number of rotatable bonds is 1. The molecule has 0 radical (unpaired) electrons. The molecule has 2 rings (SSSR count). The first-order valence-corrected chi connectivity index (χ1v) is 5.51. The Morgan fingerprint density at radius 1 is 1.33 bits per heavy atom. The molecule has 2 nitrogen and oxygen atoms in total. The van der Waals surface area contributed by atoms with E-state index < -0.39 is 0 Å². The normalized spacial score (nSPS) is 9.93. The van der Waals surface area contributed by atoms with Crippen molar-refractivity contribution >= 4 is 11.3 Å². The van der Waals surface area contributed by atoms with Crippen molar-refractivity contribution in [3.05, 3.63) is 39.7 Å². The lowest BCUT2D eigenvalue weighted by molar-refractivity contribution is 1.33. The van der Waals surface area contributed by atoms with Crippen LogP contribution >= 0.6 is 11.3 Å². The van der Waals surface area contributed by atoms with Crippen molar-refractivity contribution < 1.29 is 0 Å². The van der Waals surface area contributed by atoms with Crippen LogP contribution in [-0.4, -0.2) is 4.98 Å². The lowest BCUT2D eigenvalue weighted by Gasteiger charge is -2.04. The lowest BCUT2D eigenvalue weighted by Crippen LogP contribution is -1.86. The van der Waals surface area contributed by atoms with Crippen LogP contribution in [-0.2, 0) is 0 Å². The van der Waals surface area contributed by atoms with Crippen molar-refractivity contribution in [3.63, 3.8) is 0 Å². The van der Waals surface area contributed by atoms with Crippen LogP contribution in [0.2, 0.25) is 0 Å². The zero-order valence-electron chi connectivity index (χ0n) is 8.61. The van der Waals surface area contributed by atoms with Gasteiger partial charge in [0.15, 0.2) is 0 Å². The summed E-state index contributed by atoms with van der Waals surface area (Å²) in [5.74, 6) is 0. The second kappa shape index (κ2) is 3.84. The predicted octanol–water partition coefficient (Wildman–Crippen LogP) is 3.30. The van der Waals surface area contributed by atoms with Gasteiger partial charge in [0.25, 0.3) is 0 Å². The number of thiazole rings is 1. The highest BCUT2D eigenvalue weighted by Gasteiger charge is 2.10. The van der Waals surface area contributed by atoms with E-state index >= 15 is 0 Å². The topological polar surface area (TPSA) is 36.7 Å². The van der Waals surface area contributed by atoms with Gasteiger partial charge in [0.1, 0.15) is 10.9 Å². The Labute approximate surface area is 92.8 Å². The second-order valence-electron chi connectivity index (χ2n) is 3.46. The van der Waals surface area contributed by atoms with Crippen LogP contribution in [0.1, 0.15) is 16.0 Å². The third-order valence-corrected chi connectivity index (χ3v) is 3.05. The third kappa shape index (κ3) is 1.77. The van der Waals surface area contributed by atoms with E-state index in [1.54, 1.807) is 5.51 Å². The maximum atomic E-state index is 8.95. The van der Waals surface area contributed by atoms with E-state index in [0.717, 1.165) is 16.8 Å². The summed E-state index contributed by atoms with van der Waals surface area (Å²) in [6, 6.07) is 8.38. The molecule has 15 heavy (non-hydrogen) atoms. The molecule has 0 unspecified atom stereocenters. The Morgan fingerprint density at radius 3 is 2.87 bits per heavy atom. The fourth-order valence-corrected chi connectivity index (χ4v) is 2.10. The Bertz CT molecular complexity index is 535. The van der Waals surface area contributed by atoms with Crippen LogP contribution in [0.4, 0.5) is 0 Å². The van der Waals surface area contributed by atoms with Gasteiger partial charge in [-0.25, -0.2) is 4.98 Å². The average Bonchev–Trinajstić information content (AvgIpc) is 2.69. The first-order valence-electron chi connectivity index (χ1n) is 4.63. The lowest BCUT2D eigenvalue weighted by atomic mass is 10.0. The van der Waals surface area contributed by atoms with E-state index in [-0.39, 0.29) is 0 Å². The maximum Gasteiger partial charge on any atom is 0.132 e. The van der Waals surface area contributed by atoms with Crippen molar-refractivity contribution in [2.45, 2.75) is 13.8 Å². The van der Waals surface area contributed by atoms with Gasteiger partial charge in [-0.3, -0.25) is 0 Å². The summed E-state index contributed by atoms with van der Waals surface area (Å²) >= 11 is 1.39. The summed E-state index contributed by atoms with van der Waals surface area (Å²) < 4.78 is 0. The Kier molecular flexibility index (Phi) is 2.53. The minimum atomic E-state index is 0.684. The molecule has 0 saturated carbocycles. The van der Waals surface area contributed by atoms with E-state index in [0.29, 0.717) is 4.88 Å². The van der Waals surface area contributed by atoms with Crippen LogP contribution in [0.5, 0.6) is 0 Å². The first-order chi connectivity index (χ1) is 7.22. The van der Waals surface area contributed by atoms with E-state index in [4.69, 9.17) is 5.26 Å². The van der Waals surface area contributed by atoms with Crippen LogP contribution in [0.15, 0.2) is 23.7 Å². The number of hydrogen-bond donors (Lipinski definition) is 0. The second-order valence-corrected chi connectivity index (χ2v) is 4.32. The van der Waals surface area contributed by atoms with Gasteiger partial charge in [-0.1, -0.05) is 17.7 Å². The van der Waals surface area contributed by atoms with Gasteiger partial charge in [-0.2, -0.15) is 5.26 Å². The molecule has 1 aromatic carbocycles. The minimum Gasteiger partial charge on any atom is -0.243 e. The van der Waals surface area contributed by atoms with Crippen molar-refractivity contribution in [3.8, 4) is 17.3 Å². The van der Waals surface area contributed by atoms with E-state index in [1.807, 2.05) is 13.8 Å². The average molecular weight is 214 g/mol. The highest BCUT2D eigenvalue weighted by atomic mass is 32.1. The largest absolute Gasteiger partial charge is 0.243 e. The summed E-state index contributed by atoms with van der Waals surface area (Å²) in [7, 11) is 0. The molecule has 74 valence electrons. The van der Waals surface area contributed by atoms with Gasteiger partial charge in [-0.15, -0.1) is 11.3 Å². The zero-order chi connectivity index (χ0) is 10.8. The summed E-state index contributed by atoms with van der Waals surface area (Å²) in [5.41, 5.74) is 5.93. The summed E-state index contributed by atoms with van der Waals surface area (Å²) in [5, 5.41) is 8.95. The van der Waals surface area contributed by atoms with E-state index in [1.165, 1.54) is 16.9 Å². The molecule has 0 amide bonds. The maximum absolute atomic E-state index is 8.95. The number of aryl methyl sites for hydroxylation is 2. The highest BCUT2D eigenvalue weighted by molar-refractivity contribution is 7.10. The standard InChI is InChI=1S/C12H10N2S/c1-8-3-4-9(2)10(5-8)12-11(6-13)15-7-14-12/h3-5,7H,1-2H3. The SMILES string of the molecule is Cc1ccc(C)c(-c2ncsc2C#N)c1. The number of nitriles is 1. The minimum absolute atomic E-state index is 0.684. The molecule has 0 fully saturated rings. The highest BCUT2D eigenvalue weighted by Crippen LogP contribution is 2.28. The van der Waals surface area contributed by atoms with E-state index in [9.17, 15) is 0 Å². The van der Waals surface area contributed by atoms with Gasteiger partial charge in [-0.05, 0) is 25.5 Å². The van der Waals surface area contributed by atoms with Gasteiger partial charge < -0.3 is 0 Å². The molecule has 1 heterocycles. The summed E-state index contributed by atoms with van der Waals surface area (Å²) in [6.07, 6.45) is 0. The van der Waals surface area contributed by atoms with Crippen molar-refractivity contribution in [2.24, 2.45) is 0 Å². The number of benzene rings is 1. The third-order valence-electron chi connectivity index (χ3n) is 2.32. The summed E-state index contributed by atoms with van der Waals surface area (Å²) in [4.78, 5) is 4.94. The molecule has 0 spiro atoms. The molecule has 0 N–H and O–H groups in total. The molecule has 0 saturated heterocycles. The molecule has 0 atom stereocenters. The monoisotopic (exact) mass is 214 g/mol. The number of nitrogens with zero attached hydrogens (tertiary/aromatic N) is 2. The van der Waals surface area contributed by atoms with Crippen LogP contribution < -0.4 is 0 Å².